The SMILES string of the molecule is Cc1nc(-c2c[nH]c3c(Cl)cccc23)ccc1OC1CCNC1. The normalized spacial score (nSPS) is 17.7. The van der Waals surface area contributed by atoms with Crippen LogP contribution in [0.15, 0.2) is 36.5 Å². The predicted octanol–water partition coefficient (Wildman–Crippen LogP) is 3.93. The second-order valence-corrected chi connectivity index (χ2v) is 6.28. The predicted molar refractivity (Wildman–Crippen MR) is 93.2 cm³/mol. The molecule has 118 valence electrons. The van der Waals surface area contributed by atoms with Gasteiger partial charge >= 0.3 is 0 Å². The highest BCUT2D eigenvalue weighted by atomic mass is 35.5. The molecule has 0 amide bonds. The number of benzene rings is 1. The molecule has 0 spiro atoms. The number of para-hydroxylation sites is 1. The summed E-state index contributed by atoms with van der Waals surface area (Å²) in [6.07, 6.45) is 3.25. The van der Waals surface area contributed by atoms with Crippen LogP contribution in [-0.4, -0.2) is 29.2 Å². The molecule has 3 aromatic rings. The molecule has 3 heterocycles. The first-order chi connectivity index (χ1) is 11.2. The molecule has 0 saturated carbocycles. The smallest absolute Gasteiger partial charge is 0.141 e. The summed E-state index contributed by atoms with van der Waals surface area (Å²) in [5, 5.41) is 5.11. The average molecular weight is 328 g/mol. The van der Waals surface area contributed by atoms with Crippen LogP contribution in [0.5, 0.6) is 5.75 Å². The molecule has 4 rings (SSSR count). The van der Waals surface area contributed by atoms with E-state index in [1.807, 2.05) is 37.4 Å². The summed E-state index contributed by atoms with van der Waals surface area (Å²) in [7, 11) is 0. The zero-order chi connectivity index (χ0) is 15.8. The Kier molecular flexibility index (Phi) is 3.71. The summed E-state index contributed by atoms with van der Waals surface area (Å²) in [6, 6.07) is 9.92. The first-order valence-electron chi connectivity index (χ1n) is 7.83. The molecule has 5 heteroatoms. The van der Waals surface area contributed by atoms with Crippen LogP contribution in [-0.2, 0) is 0 Å². The van der Waals surface area contributed by atoms with Gasteiger partial charge in [-0.1, -0.05) is 23.7 Å². The van der Waals surface area contributed by atoms with Crippen LogP contribution in [0.25, 0.3) is 22.2 Å². The van der Waals surface area contributed by atoms with Crippen molar-refractivity contribution in [3.8, 4) is 17.0 Å². The van der Waals surface area contributed by atoms with Gasteiger partial charge < -0.3 is 15.0 Å². The first-order valence-corrected chi connectivity index (χ1v) is 8.21. The lowest BCUT2D eigenvalue weighted by atomic mass is 10.1. The third-order valence-electron chi connectivity index (χ3n) is 4.29. The van der Waals surface area contributed by atoms with E-state index in [9.17, 15) is 0 Å². The standard InChI is InChI=1S/C18H18ClN3O/c1-11-17(23-12-7-8-20-9-12)6-5-16(22-11)14-10-21-18-13(14)3-2-4-15(18)19/h2-6,10,12,20-21H,7-9H2,1H3. The topological polar surface area (TPSA) is 49.9 Å². The fourth-order valence-corrected chi connectivity index (χ4v) is 3.29. The molecular weight excluding hydrogens is 310 g/mol. The lowest BCUT2D eigenvalue weighted by molar-refractivity contribution is 0.220. The number of pyridine rings is 1. The number of H-pyrrole nitrogens is 1. The largest absolute Gasteiger partial charge is 0.487 e. The van der Waals surface area contributed by atoms with Crippen molar-refractivity contribution < 1.29 is 4.74 Å². The maximum absolute atomic E-state index is 6.23. The number of hydrogen-bond acceptors (Lipinski definition) is 3. The zero-order valence-electron chi connectivity index (χ0n) is 12.9. The summed E-state index contributed by atoms with van der Waals surface area (Å²) in [6.45, 7) is 3.91. The van der Waals surface area contributed by atoms with E-state index in [1.54, 1.807) is 0 Å². The van der Waals surface area contributed by atoms with Crippen LogP contribution >= 0.6 is 11.6 Å². The molecule has 2 aromatic heterocycles. The number of ether oxygens (including phenoxy) is 1. The monoisotopic (exact) mass is 327 g/mol. The number of fused-ring (bicyclic) bond motifs is 1. The van der Waals surface area contributed by atoms with Crippen molar-refractivity contribution >= 4 is 22.5 Å². The maximum Gasteiger partial charge on any atom is 0.141 e. The minimum Gasteiger partial charge on any atom is -0.487 e. The van der Waals surface area contributed by atoms with E-state index in [-0.39, 0.29) is 6.10 Å². The third kappa shape index (κ3) is 2.69. The number of aromatic amines is 1. The number of nitrogens with zero attached hydrogens (tertiary/aromatic N) is 1. The van der Waals surface area contributed by atoms with Gasteiger partial charge in [-0.05, 0) is 38.1 Å². The van der Waals surface area contributed by atoms with Crippen molar-refractivity contribution in [2.24, 2.45) is 0 Å². The van der Waals surface area contributed by atoms with Gasteiger partial charge in [-0.15, -0.1) is 0 Å². The van der Waals surface area contributed by atoms with Gasteiger partial charge in [0, 0.05) is 23.7 Å². The molecule has 0 aliphatic carbocycles. The Labute approximate surface area is 139 Å². The van der Waals surface area contributed by atoms with E-state index < -0.39 is 0 Å². The Balaban J connectivity index is 1.68. The van der Waals surface area contributed by atoms with Crippen molar-refractivity contribution in [1.82, 2.24) is 15.3 Å². The lowest BCUT2D eigenvalue weighted by Crippen LogP contribution is -2.20. The molecule has 4 nitrogen and oxygen atoms in total. The fraction of sp³-hybridized carbons (Fsp3) is 0.278. The molecule has 2 N–H and O–H groups in total. The summed E-state index contributed by atoms with van der Waals surface area (Å²) in [5.74, 6) is 0.861. The summed E-state index contributed by atoms with van der Waals surface area (Å²) >= 11 is 6.23. The van der Waals surface area contributed by atoms with Crippen molar-refractivity contribution in [1.29, 1.82) is 0 Å². The fourth-order valence-electron chi connectivity index (χ4n) is 3.06. The Morgan fingerprint density at radius 2 is 2.17 bits per heavy atom. The zero-order valence-corrected chi connectivity index (χ0v) is 13.7. The number of hydrogen-bond donors (Lipinski definition) is 2. The van der Waals surface area contributed by atoms with Gasteiger partial charge in [0.05, 0.1) is 21.9 Å². The summed E-state index contributed by atoms with van der Waals surface area (Å²) < 4.78 is 6.03. The van der Waals surface area contributed by atoms with Crippen LogP contribution in [0, 0.1) is 6.92 Å². The van der Waals surface area contributed by atoms with E-state index in [2.05, 4.69) is 16.4 Å². The van der Waals surface area contributed by atoms with E-state index in [1.165, 1.54) is 0 Å². The first kappa shape index (κ1) is 14.5. The third-order valence-corrected chi connectivity index (χ3v) is 4.60. The van der Waals surface area contributed by atoms with Gasteiger partial charge in [0.15, 0.2) is 0 Å². The average Bonchev–Trinajstić information content (AvgIpc) is 3.19. The van der Waals surface area contributed by atoms with Crippen molar-refractivity contribution in [2.75, 3.05) is 13.1 Å². The molecule has 1 saturated heterocycles. The highest BCUT2D eigenvalue weighted by molar-refractivity contribution is 6.35. The van der Waals surface area contributed by atoms with Crippen molar-refractivity contribution in [2.45, 2.75) is 19.4 Å². The molecule has 1 aliphatic heterocycles. The van der Waals surface area contributed by atoms with Crippen LogP contribution < -0.4 is 10.1 Å². The van der Waals surface area contributed by atoms with Crippen molar-refractivity contribution in [3.63, 3.8) is 0 Å². The highest BCUT2D eigenvalue weighted by Crippen LogP contribution is 2.32. The number of aromatic nitrogens is 2. The van der Waals surface area contributed by atoms with E-state index in [0.29, 0.717) is 0 Å². The summed E-state index contributed by atoms with van der Waals surface area (Å²) in [4.78, 5) is 7.97. The molecule has 1 unspecified atom stereocenters. The van der Waals surface area contributed by atoms with Gasteiger partial charge in [-0.25, -0.2) is 4.98 Å². The Morgan fingerprint density at radius 3 is 2.96 bits per heavy atom. The highest BCUT2D eigenvalue weighted by Gasteiger charge is 2.18. The Morgan fingerprint density at radius 1 is 1.26 bits per heavy atom. The molecule has 1 aliphatic rings. The van der Waals surface area contributed by atoms with Crippen LogP contribution in [0.2, 0.25) is 5.02 Å². The second-order valence-electron chi connectivity index (χ2n) is 5.88. The Bertz CT molecular complexity index is 853. The van der Waals surface area contributed by atoms with E-state index in [0.717, 1.165) is 58.1 Å². The van der Waals surface area contributed by atoms with Gasteiger partial charge in [-0.2, -0.15) is 0 Å². The summed E-state index contributed by atoms with van der Waals surface area (Å²) in [5.41, 5.74) is 3.83. The minimum absolute atomic E-state index is 0.244. The quantitative estimate of drug-likeness (QED) is 0.766. The lowest BCUT2D eigenvalue weighted by Gasteiger charge is -2.14. The second kappa shape index (κ2) is 5.87. The number of rotatable bonds is 3. The van der Waals surface area contributed by atoms with Gasteiger partial charge in [0.25, 0.3) is 0 Å². The molecule has 0 radical (unpaired) electrons. The molecule has 0 bridgehead atoms. The Hall–Kier alpha value is -2.04. The molecule has 23 heavy (non-hydrogen) atoms. The van der Waals surface area contributed by atoms with E-state index in [4.69, 9.17) is 21.3 Å². The van der Waals surface area contributed by atoms with Gasteiger partial charge in [-0.3, -0.25) is 0 Å². The van der Waals surface area contributed by atoms with Gasteiger partial charge in [0.2, 0.25) is 0 Å². The van der Waals surface area contributed by atoms with Crippen molar-refractivity contribution in [3.05, 3.63) is 47.2 Å². The maximum atomic E-state index is 6.23. The number of halogens is 1. The van der Waals surface area contributed by atoms with Crippen LogP contribution in [0.4, 0.5) is 0 Å². The van der Waals surface area contributed by atoms with Crippen LogP contribution in [0.1, 0.15) is 12.1 Å². The van der Waals surface area contributed by atoms with Gasteiger partial charge in [0.1, 0.15) is 11.9 Å². The molecule has 1 atom stereocenters. The molecule has 1 fully saturated rings. The number of aryl methyl sites for hydroxylation is 1. The minimum atomic E-state index is 0.244. The van der Waals surface area contributed by atoms with E-state index >= 15 is 0 Å². The molecular formula is C18H18ClN3O. The number of nitrogens with one attached hydrogen (secondary N) is 2. The molecule has 1 aromatic carbocycles. The van der Waals surface area contributed by atoms with Crippen LogP contribution in [0.3, 0.4) is 0 Å².